The summed E-state index contributed by atoms with van der Waals surface area (Å²) in [5.41, 5.74) is 0.765. The Bertz CT molecular complexity index is 1480. The summed E-state index contributed by atoms with van der Waals surface area (Å²) in [6, 6.07) is 14.0. The van der Waals surface area contributed by atoms with Gasteiger partial charge in [0.15, 0.2) is 5.13 Å². The third kappa shape index (κ3) is 5.39. The molecule has 194 valence electrons. The van der Waals surface area contributed by atoms with Crippen molar-refractivity contribution in [2.75, 3.05) is 24.6 Å². The van der Waals surface area contributed by atoms with E-state index in [2.05, 4.69) is 0 Å². The van der Waals surface area contributed by atoms with Gasteiger partial charge in [0.1, 0.15) is 17.3 Å². The van der Waals surface area contributed by atoms with E-state index in [1.165, 1.54) is 27.8 Å². The second kappa shape index (κ2) is 10.6. The highest BCUT2D eigenvalue weighted by molar-refractivity contribution is 7.89. The lowest BCUT2D eigenvalue weighted by Crippen LogP contribution is -2.44. The number of hydrogen-bond acceptors (Lipinski definition) is 7. The van der Waals surface area contributed by atoms with Crippen LogP contribution in [0, 0.1) is 11.7 Å². The lowest BCUT2D eigenvalue weighted by Gasteiger charge is -2.32. The summed E-state index contributed by atoms with van der Waals surface area (Å²) in [6.07, 6.45) is 2.30. The summed E-state index contributed by atoms with van der Waals surface area (Å²) in [6.45, 7) is 3.08. The van der Waals surface area contributed by atoms with E-state index < -0.39 is 15.8 Å². The highest BCUT2D eigenvalue weighted by Crippen LogP contribution is 2.34. The van der Waals surface area contributed by atoms with Gasteiger partial charge in [-0.1, -0.05) is 11.3 Å². The fourth-order valence-corrected chi connectivity index (χ4v) is 6.85. The van der Waals surface area contributed by atoms with E-state index in [0.717, 1.165) is 28.1 Å². The zero-order valence-electron chi connectivity index (χ0n) is 20.2. The largest absolute Gasteiger partial charge is 0.494 e. The number of furan rings is 1. The van der Waals surface area contributed by atoms with Crippen LogP contribution in [0.15, 0.2) is 70.2 Å². The van der Waals surface area contributed by atoms with Gasteiger partial charge >= 0.3 is 0 Å². The van der Waals surface area contributed by atoms with Gasteiger partial charge in [-0.15, -0.1) is 0 Å². The molecule has 1 amide bonds. The van der Waals surface area contributed by atoms with Crippen LogP contribution in [0.2, 0.25) is 0 Å². The molecule has 1 aliphatic rings. The zero-order chi connectivity index (χ0) is 26.0. The molecule has 1 fully saturated rings. The number of nitrogens with zero attached hydrogens (tertiary/aromatic N) is 3. The van der Waals surface area contributed by atoms with Gasteiger partial charge in [-0.25, -0.2) is 17.8 Å². The van der Waals surface area contributed by atoms with E-state index in [4.69, 9.17) is 14.1 Å². The number of ether oxygens (including phenoxy) is 1. The van der Waals surface area contributed by atoms with Gasteiger partial charge in [-0.3, -0.25) is 9.69 Å². The van der Waals surface area contributed by atoms with E-state index >= 15 is 0 Å². The van der Waals surface area contributed by atoms with Crippen LogP contribution < -0.4 is 9.64 Å². The average molecular weight is 544 g/mol. The van der Waals surface area contributed by atoms with Crippen molar-refractivity contribution in [1.82, 2.24) is 9.29 Å². The van der Waals surface area contributed by atoms with Crippen LogP contribution in [0.1, 0.15) is 25.5 Å². The molecule has 0 spiro atoms. The van der Waals surface area contributed by atoms with Gasteiger partial charge in [0.2, 0.25) is 15.9 Å². The Morgan fingerprint density at radius 2 is 1.95 bits per heavy atom. The van der Waals surface area contributed by atoms with Crippen LogP contribution in [0.5, 0.6) is 5.75 Å². The van der Waals surface area contributed by atoms with Crippen molar-refractivity contribution >= 4 is 42.6 Å². The second-order valence-corrected chi connectivity index (χ2v) is 11.6. The summed E-state index contributed by atoms with van der Waals surface area (Å²) in [5, 5.41) is 0.548. The smallest absolute Gasteiger partial charge is 0.243 e. The van der Waals surface area contributed by atoms with Crippen LogP contribution >= 0.6 is 11.3 Å². The lowest BCUT2D eigenvalue weighted by atomic mass is 9.96. The first-order valence-corrected chi connectivity index (χ1v) is 14.2. The Kier molecular flexibility index (Phi) is 7.27. The molecule has 8 nitrogen and oxygen atoms in total. The molecule has 2 aromatic carbocycles. The predicted molar refractivity (Wildman–Crippen MR) is 139 cm³/mol. The Labute approximate surface area is 218 Å². The van der Waals surface area contributed by atoms with E-state index in [-0.39, 0.29) is 36.4 Å². The molecule has 4 aromatic rings. The molecule has 0 bridgehead atoms. The first kappa shape index (κ1) is 25.4. The molecule has 2 aromatic heterocycles. The van der Waals surface area contributed by atoms with E-state index in [1.807, 2.05) is 25.1 Å². The average Bonchev–Trinajstić information content (AvgIpc) is 3.57. The molecule has 0 N–H and O–H groups in total. The monoisotopic (exact) mass is 543 g/mol. The van der Waals surface area contributed by atoms with E-state index in [0.29, 0.717) is 30.3 Å². The minimum absolute atomic E-state index is 0.0408. The Morgan fingerprint density at radius 1 is 1.19 bits per heavy atom. The van der Waals surface area contributed by atoms with Gasteiger partial charge in [-0.05, 0) is 74.4 Å². The number of rotatable bonds is 8. The lowest BCUT2D eigenvalue weighted by molar-refractivity contribution is -0.123. The number of carbonyl (C=O) groups is 1. The molecule has 0 unspecified atom stereocenters. The first-order valence-electron chi connectivity index (χ1n) is 12.0. The minimum atomic E-state index is -3.76. The summed E-state index contributed by atoms with van der Waals surface area (Å²) in [4.78, 5) is 20.1. The van der Waals surface area contributed by atoms with Gasteiger partial charge in [0.25, 0.3) is 0 Å². The number of aromatic nitrogens is 1. The third-order valence-corrected chi connectivity index (χ3v) is 9.26. The SMILES string of the molecule is CCOc1ccc2nc(N(Cc3ccco3)C(=O)C3CCN(S(=O)(=O)c4ccc(F)cc4)CC3)sc2c1. The van der Waals surface area contributed by atoms with E-state index in [1.54, 1.807) is 23.3 Å². The third-order valence-electron chi connectivity index (χ3n) is 6.31. The summed E-state index contributed by atoms with van der Waals surface area (Å²) < 4.78 is 52.6. The number of amides is 1. The van der Waals surface area contributed by atoms with Gasteiger partial charge in [0, 0.05) is 19.0 Å². The Morgan fingerprint density at radius 3 is 2.62 bits per heavy atom. The van der Waals surface area contributed by atoms with Crippen molar-refractivity contribution in [3.05, 3.63) is 72.4 Å². The van der Waals surface area contributed by atoms with Gasteiger partial charge < -0.3 is 9.15 Å². The molecular weight excluding hydrogens is 517 g/mol. The molecule has 1 saturated heterocycles. The molecule has 0 aliphatic carbocycles. The summed E-state index contributed by atoms with van der Waals surface area (Å²) in [7, 11) is -3.76. The number of fused-ring (bicyclic) bond motifs is 1. The number of thiazole rings is 1. The molecule has 5 rings (SSSR count). The second-order valence-electron chi connectivity index (χ2n) is 8.70. The fraction of sp³-hybridized carbons (Fsp3) is 0.308. The van der Waals surface area contributed by atoms with Crippen molar-refractivity contribution in [1.29, 1.82) is 0 Å². The molecule has 1 aliphatic heterocycles. The number of hydrogen-bond donors (Lipinski definition) is 0. The van der Waals surface area contributed by atoms with Crippen LogP contribution in [-0.4, -0.2) is 43.3 Å². The van der Waals surface area contributed by atoms with Crippen LogP contribution in [-0.2, 0) is 21.4 Å². The summed E-state index contributed by atoms with van der Waals surface area (Å²) >= 11 is 1.40. The topological polar surface area (TPSA) is 92.9 Å². The molecular formula is C26H26FN3O5S2. The number of halogens is 1. The highest BCUT2D eigenvalue weighted by Gasteiger charge is 2.35. The standard InChI is InChI=1S/C26H26FN3O5S2/c1-2-34-20-7-10-23-24(16-20)36-26(28-23)30(17-21-4-3-15-35-21)25(31)18-11-13-29(14-12-18)37(32,33)22-8-5-19(27)6-9-22/h3-10,15-16,18H,2,11-14,17H2,1H3. The quantitative estimate of drug-likeness (QED) is 0.308. The highest BCUT2D eigenvalue weighted by atomic mass is 32.2. The van der Waals surface area contributed by atoms with Gasteiger partial charge in [-0.2, -0.15) is 4.31 Å². The Hall–Kier alpha value is -3.28. The minimum Gasteiger partial charge on any atom is -0.494 e. The van der Waals surface area contributed by atoms with Crippen molar-refractivity contribution in [3.8, 4) is 5.75 Å². The molecule has 0 atom stereocenters. The molecule has 11 heteroatoms. The van der Waals surface area contributed by atoms with Crippen LogP contribution in [0.3, 0.4) is 0 Å². The van der Waals surface area contributed by atoms with Crippen molar-refractivity contribution < 1.29 is 26.8 Å². The molecule has 37 heavy (non-hydrogen) atoms. The normalized spacial score (nSPS) is 15.2. The van der Waals surface area contributed by atoms with Crippen LogP contribution in [0.4, 0.5) is 9.52 Å². The van der Waals surface area contributed by atoms with Crippen molar-refractivity contribution in [2.24, 2.45) is 5.92 Å². The first-order chi connectivity index (χ1) is 17.8. The van der Waals surface area contributed by atoms with Crippen LogP contribution in [0.25, 0.3) is 10.2 Å². The zero-order valence-corrected chi connectivity index (χ0v) is 21.8. The maximum Gasteiger partial charge on any atom is 0.243 e. The van der Waals surface area contributed by atoms with Gasteiger partial charge in [0.05, 0.1) is 34.5 Å². The predicted octanol–water partition coefficient (Wildman–Crippen LogP) is 5.06. The molecule has 0 saturated carbocycles. The maximum atomic E-state index is 13.8. The van der Waals surface area contributed by atoms with E-state index in [9.17, 15) is 17.6 Å². The molecule has 0 radical (unpaired) electrons. The summed E-state index contributed by atoms with van der Waals surface area (Å²) in [5.74, 6) is 0.367. The number of anilines is 1. The number of piperidine rings is 1. The maximum absolute atomic E-state index is 13.8. The number of benzene rings is 2. The van der Waals surface area contributed by atoms with Crippen molar-refractivity contribution in [2.45, 2.75) is 31.2 Å². The van der Waals surface area contributed by atoms with Crippen molar-refractivity contribution in [3.63, 3.8) is 0 Å². The number of carbonyl (C=O) groups excluding carboxylic acids is 1. The fourth-order valence-electron chi connectivity index (χ4n) is 4.38. The molecule has 3 heterocycles. The number of sulfonamides is 1. The Balaban J connectivity index is 1.35.